The van der Waals surface area contributed by atoms with Gasteiger partial charge in [0.25, 0.3) is 0 Å². The normalized spacial score (nSPS) is 18.6. The Morgan fingerprint density at radius 2 is 1.83 bits per heavy atom. The van der Waals surface area contributed by atoms with Crippen molar-refractivity contribution < 1.29 is 32.2 Å². The molecule has 35 heavy (non-hydrogen) atoms. The lowest BCUT2D eigenvalue weighted by molar-refractivity contribution is -0.182. The van der Waals surface area contributed by atoms with Gasteiger partial charge < -0.3 is 25.3 Å². The predicted octanol–water partition coefficient (Wildman–Crippen LogP) is 7.03. The molecular formula is C24H25F4N3O3S. The van der Waals surface area contributed by atoms with Gasteiger partial charge in [0.05, 0.1) is 29.2 Å². The van der Waals surface area contributed by atoms with E-state index in [0.717, 1.165) is 41.5 Å². The topological polar surface area (TPSA) is 94.4 Å². The molecule has 1 aliphatic rings. The Morgan fingerprint density at radius 3 is 2.37 bits per heavy atom. The van der Waals surface area contributed by atoms with Crippen molar-refractivity contribution in [3.8, 4) is 5.75 Å². The zero-order chi connectivity index (χ0) is 25.6. The van der Waals surface area contributed by atoms with Gasteiger partial charge >= 0.3 is 12.1 Å². The number of rotatable bonds is 9. The van der Waals surface area contributed by atoms with Crippen molar-refractivity contribution in [3.63, 3.8) is 0 Å². The van der Waals surface area contributed by atoms with E-state index < -0.39 is 29.4 Å². The summed E-state index contributed by atoms with van der Waals surface area (Å²) in [7, 11) is 1.33. The van der Waals surface area contributed by atoms with Gasteiger partial charge in [-0.2, -0.15) is 13.2 Å². The third kappa shape index (κ3) is 6.91. The summed E-state index contributed by atoms with van der Waals surface area (Å²) in [6.45, 7) is 0. The Bertz CT molecular complexity index is 1080. The molecule has 11 heteroatoms. The van der Waals surface area contributed by atoms with Gasteiger partial charge in [0, 0.05) is 24.2 Å². The summed E-state index contributed by atoms with van der Waals surface area (Å²) < 4.78 is 60.6. The number of halogens is 4. The molecule has 0 aromatic heterocycles. The maximum Gasteiger partial charge on any atom is 0.391 e. The van der Waals surface area contributed by atoms with Crippen molar-refractivity contribution in [2.24, 2.45) is 5.92 Å². The number of alkyl halides is 3. The molecule has 1 saturated carbocycles. The second-order valence-corrected chi connectivity index (χ2v) is 8.97. The first-order valence-electron chi connectivity index (χ1n) is 10.8. The lowest BCUT2D eigenvalue weighted by atomic mass is 9.78. The van der Waals surface area contributed by atoms with E-state index in [2.05, 4.69) is 10.0 Å². The van der Waals surface area contributed by atoms with Gasteiger partial charge in [0.2, 0.25) is 0 Å². The van der Waals surface area contributed by atoms with Gasteiger partial charge in [-0.15, -0.1) is 0 Å². The van der Waals surface area contributed by atoms with E-state index >= 15 is 0 Å². The van der Waals surface area contributed by atoms with E-state index in [-0.39, 0.29) is 30.2 Å². The molecule has 0 saturated heterocycles. The highest BCUT2D eigenvalue weighted by atomic mass is 32.2. The SMILES string of the molecule is COc1cc(C(=O)O)c(F)cc1NS/C(C=N)=C/Nc1ccc(C2CCC(C(F)(F)F)CC2)cc1. The fourth-order valence-electron chi connectivity index (χ4n) is 3.94. The van der Waals surface area contributed by atoms with Crippen molar-refractivity contribution in [1.29, 1.82) is 5.41 Å². The molecule has 0 amide bonds. The van der Waals surface area contributed by atoms with E-state index in [9.17, 15) is 22.4 Å². The molecule has 4 N–H and O–H groups in total. The van der Waals surface area contributed by atoms with Gasteiger partial charge in [0.15, 0.2) is 0 Å². The summed E-state index contributed by atoms with van der Waals surface area (Å²) in [4.78, 5) is 11.5. The summed E-state index contributed by atoms with van der Waals surface area (Å²) in [6.07, 6.45) is -0.167. The fourth-order valence-corrected chi connectivity index (χ4v) is 4.50. The number of carboxylic acid groups (broad SMARTS) is 1. The van der Waals surface area contributed by atoms with Crippen molar-refractivity contribution in [1.82, 2.24) is 0 Å². The Hall–Kier alpha value is -3.21. The molecule has 0 aliphatic heterocycles. The van der Waals surface area contributed by atoms with Crippen molar-refractivity contribution >= 4 is 35.5 Å². The van der Waals surface area contributed by atoms with Gasteiger partial charge in [-0.25, -0.2) is 9.18 Å². The summed E-state index contributed by atoms with van der Waals surface area (Å²) >= 11 is 0.994. The van der Waals surface area contributed by atoms with Gasteiger partial charge in [0.1, 0.15) is 11.6 Å². The molecule has 2 aromatic rings. The van der Waals surface area contributed by atoms with Crippen LogP contribution in [0.3, 0.4) is 0 Å². The van der Waals surface area contributed by atoms with Crippen LogP contribution in [-0.4, -0.2) is 30.6 Å². The number of methoxy groups -OCH3 is 1. The number of hydrogen-bond acceptors (Lipinski definition) is 6. The van der Waals surface area contributed by atoms with Crippen LogP contribution in [0.15, 0.2) is 47.5 Å². The molecule has 6 nitrogen and oxygen atoms in total. The van der Waals surface area contributed by atoms with Crippen LogP contribution in [0.4, 0.5) is 28.9 Å². The molecule has 1 aliphatic carbocycles. The number of carbonyl (C=O) groups is 1. The number of anilines is 2. The molecule has 3 rings (SSSR count). The highest BCUT2D eigenvalue weighted by Gasteiger charge is 2.41. The van der Waals surface area contributed by atoms with Gasteiger partial charge in [-0.3, -0.25) is 0 Å². The van der Waals surface area contributed by atoms with E-state index in [0.29, 0.717) is 17.7 Å². The van der Waals surface area contributed by atoms with E-state index in [1.54, 1.807) is 6.20 Å². The van der Waals surface area contributed by atoms with Crippen LogP contribution in [0.1, 0.15) is 47.5 Å². The maximum atomic E-state index is 14.0. The van der Waals surface area contributed by atoms with Crippen molar-refractivity contribution in [2.45, 2.75) is 37.8 Å². The maximum absolute atomic E-state index is 14.0. The van der Waals surface area contributed by atoms with Crippen LogP contribution < -0.4 is 14.8 Å². The Labute approximate surface area is 204 Å². The average molecular weight is 512 g/mol. The summed E-state index contributed by atoms with van der Waals surface area (Å²) in [5.41, 5.74) is 1.42. The van der Waals surface area contributed by atoms with Crippen LogP contribution in [0.25, 0.3) is 0 Å². The lowest BCUT2D eigenvalue weighted by Crippen LogP contribution is -2.27. The number of nitrogens with one attached hydrogen (secondary N) is 3. The number of aromatic carboxylic acids is 1. The van der Waals surface area contributed by atoms with Crippen LogP contribution in [0.5, 0.6) is 5.75 Å². The number of allylic oxidation sites excluding steroid dienone is 1. The second-order valence-electron chi connectivity index (χ2n) is 8.09. The first-order valence-corrected chi connectivity index (χ1v) is 11.6. The third-order valence-corrected chi connectivity index (χ3v) is 6.69. The number of ether oxygens (including phenoxy) is 1. The quantitative estimate of drug-likeness (QED) is 0.164. The van der Waals surface area contributed by atoms with Crippen molar-refractivity contribution in [3.05, 3.63) is 64.4 Å². The minimum atomic E-state index is -4.12. The number of hydrogen-bond donors (Lipinski definition) is 4. The fraction of sp³-hybridized carbons (Fsp3) is 0.333. The van der Waals surface area contributed by atoms with Gasteiger partial charge in [-0.05, 0) is 67.3 Å². The highest BCUT2D eigenvalue weighted by molar-refractivity contribution is 8.05. The summed E-state index contributed by atoms with van der Waals surface area (Å²) in [5.74, 6) is -3.30. The van der Waals surface area contributed by atoms with Gasteiger partial charge in [-0.1, -0.05) is 12.1 Å². The third-order valence-electron chi connectivity index (χ3n) is 5.89. The van der Waals surface area contributed by atoms with Crippen LogP contribution in [0, 0.1) is 17.1 Å². The average Bonchev–Trinajstić information content (AvgIpc) is 2.84. The standard InChI is InChI=1S/C24H25F4N3O3S/c1-34-22-10-19(23(32)33)20(25)11-21(22)31-35-18(12-29)13-30-17-8-4-15(5-9-17)14-2-6-16(7-3-14)24(26,27)28/h4-5,8-14,16,29-31H,2-3,6-7H2,1H3,(H,32,33)/b18-13+,29-12?. The minimum Gasteiger partial charge on any atom is -0.495 e. The van der Waals surface area contributed by atoms with Crippen LogP contribution in [0.2, 0.25) is 0 Å². The first kappa shape index (κ1) is 26.4. The molecule has 0 heterocycles. The predicted molar refractivity (Wildman–Crippen MR) is 129 cm³/mol. The number of benzene rings is 2. The zero-order valence-corrected chi connectivity index (χ0v) is 19.6. The molecule has 0 bridgehead atoms. The molecular weight excluding hydrogens is 486 g/mol. The van der Waals surface area contributed by atoms with E-state index in [1.165, 1.54) is 7.11 Å². The molecule has 0 radical (unpaired) electrons. The Kier molecular flexibility index (Phi) is 8.66. The smallest absolute Gasteiger partial charge is 0.391 e. The number of carboxylic acids is 1. The van der Waals surface area contributed by atoms with E-state index in [4.69, 9.17) is 15.3 Å². The largest absolute Gasteiger partial charge is 0.495 e. The Balaban J connectivity index is 1.59. The summed E-state index contributed by atoms with van der Waals surface area (Å²) in [6, 6.07) is 9.51. The monoisotopic (exact) mass is 511 g/mol. The Morgan fingerprint density at radius 1 is 1.17 bits per heavy atom. The van der Waals surface area contributed by atoms with E-state index in [1.807, 2.05) is 24.3 Å². The first-order chi connectivity index (χ1) is 16.6. The minimum absolute atomic E-state index is 0.109. The molecule has 0 unspecified atom stereocenters. The lowest BCUT2D eigenvalue weighted by Gasteiger charge is -2.30. The second kappa shape index (κ2) is 11.5. The summed E-state index contributed by atoms with van der Waals surface area (Å²) in [5, 5.41) is 19.7. The molecule has 0 spiro atoms. The van der Waals surface area contributed by atoms with Crippen molar-refractivity contribution in [2.75, 3.05) is 17.1 Å². The zero-order valence-electron chi connectivity index (χ0n) is 18.8. The molecule has 1 fully saturated rings. The molecule has 2 aromatic carbocycles. The molecule has 0 atom stereocenters. The molecule has 188 valence electrons. The van der Waals surface area contributed by atoms with Crippen LogP contribution >= 0.6 is 11.9 Å². The van der Waals surface area contributed by atoms with Crippen LogP contribution in [-0.2, 0) is 0 Å². The highest BCUT2D eigenvalue weighted by Crippen LogP contribution is 2.43.